The number of rotatable bonds is 10. The fourth-order valence-corrected chi connectivity index (χ4v) is 4.61. The second-order valence-electron chi connectivity index (χ2n) is 8.92. The first kappa shape index (κ1) is 26.1. The number of nitrogens with one attached hydrogen (secondary N) is 2. The van der Waals surface area contributed by atoms with Crippen molar-refractivity contribution in [1.29, 1.82) is 0 Å². The van der Waals surface area contributed by atoms with E-state index in [0.29, 0.717) is 29.1 Å². The standard InChI is InChI=1S/C25H30N4O5S/c1-14(2)26-22(31)9-7-19(25(33)34)28-24(32)21-8-10-23(35-21)29(4)13-16-5-6-18-17(12-16)20(30)11-15(3)27-18/h5-6,8,10,12,14,19H,7,9,11,13H2,1-4H3,(H,26,31)(H,28,32)(H,33,34)/t19-/m0/s1. The highest BCUT2D eigenvalue weighted by Gasteiger charge is 2.23. The second-order valence-corrected chi connectivity index (χ2v) is 9.98. The largest absolute Gasteiger partial charge is 0.480 e. The fourth-order valence-electron chi connectivity index (χ4n) is 3.74. The predicted octanol–water partition coefficient (Wildman–Crippen LogP) is 3.55. The van der Waals surface area contributed by atoms with E-state index >= 15 is 0 Å². The van der Waals surface area contributed by atoms with E-state index in [2.05, 4.69) is 15.6 Å². The molecule has 0 saturated heterocycles. The van der Waals surface area contributed by atoms with Gasteiger partial charge >= 0.3 is 5.97 Å². The van der Waals surface area contributed by atoms with Crippen LogP contribution < -0.4 is 15.5 Å². The van der Waals surface area contributed by atoms with Crippen LogP contribution in [-0.4, -0.2) is 53.5 Å². The van der Waals surface area contributed by atoms with E-state index in [1.54, 1.807) is 12.1 Å². The number of hydrogen-bond donors (Lipinski definition) is 3. The molecule has 0 unspecified atom stereocenters. The number of ketones is 1. The molecule has 1 atom stereocenters. The topological polar surface area (TPSA) is 128 Å². The van der Waals surface area contributed by atoms with Crippen LogP contribution in [0.3, 0.4) is 0 Å². The van der Waals surface area contributed by atoms with Crippen molar-refractivity contribution in [1.82, 2.24) is 10.6 Å². The molecule has 0 fully saturated rings. The lowest BCUT2D eigenvalue weighted by Gasteiger charge is -2.19. The van der Waals surface area contributed by atoms with Crippen molar-refractivity contribution in [3.8, 4) is 0 Å². The van der Waals surface area contributed by atoms with Crippen molar-refractivity contribution in [2.75, 3.05) is 11.9 Å². The highest BCUT2D eigenvalue weighted by Crippen LogP contribution is 2.30. The zero-order chi connectivity index (χ0) is 25.7. The lowest BCUT2D eigenvalue weighted by molar-refractivity contribution is -0.139. The van der Waals surface area contributed by atoms with Gasteiger partial charge in [-0.3, -0.25) is 19.4 Å². The summed E-state index contributed by atoms with van der Waals surface area (Å²) in [6, 6.07) is 7.87. The molecule has 1 aromatic heterocycles. The number of thiophene rings is 1. The molecule has 2 amide bonds. The third-order valence-corrected chi connectivity index (χ3v) is 6.61. The molecule has 3 N–H and O–H groups in total. The number of carbonyl (C=O) groups excluding carboxylic acids is 3. The van der Waals surface area contributed by atoms with Gasteiger partial charge in [0.05, 0.1) is 15.6 Å². The normalized spacial score (nSPS) is 13.6. The minimum atomic E-state index is -1.19. The Labute approximate surface area is 208 Å². The molecule has 0 aliphatic carbocycles. The molecule has 35 heavy (non-hydrogen) atoms. The summed E-state index contributed by atoms with van der Waals surface area (Å²) in [6.07, 6.45) is 0.329. The van der Waals surface area contributed by atoms with Gasteiger partial charge in [0.2, 0.25) is 5.91 Å². The van der Waals surface area contributed by atoms with E-state index in [1.165, 1.54) is 11.3 Å². The van der Waals surface area contributed by atoms with Gasteiger partial charge in [0.25, 0.3) is 5.91 Å². The number of fused-ring (bicyclic) bond motifs is 1. The Morgan fingerprint density at radius 3 is 2.60 bits per heavy atom. The number of anilines is 1. The molecular formula is C25H30N4O5S. The summed E-state index contributed by atoms with van der Waals surface area (Å²) >= 11 is 1.24. The number of Topliss-reactive ketones (excluding diaryl/α,β-unsaturated/α-hetero) is 1. The highest BCUT2D eigenvalue weighted by atomic mass is 32.1. The van der Waals surface area contributed by atoms with Gasteiger partial charge in [0.1, 0.15) is 6.04 Å². The number of amides is 2. The average molecular weight is 499 g/mol. The van der Waals surface area contributed by atoms with Gasteiger partial charge < -0.3 is 20.6 Å². The Morgan fingerprint density at radius 2 is 1.91 bits per heavy atom. The molecule has 3 rings (SSSR count). The fraction of sp³-hybridized carbons (Fsp3) is 0.400. The maximum atomic E-state index is 12.7. The average Bonchev–Trinajstić information content (AvgIpc) is 3.27. The van der Waals surface area contributed by atoms with E-state index in [9.17, 15) is 24.3 Å². The number of benzene rings is 1. The molecule has 0 saturated carbocycles. The molecule has 2 heterocycles. The van der Waals surface area contributed by atoms with Crippen LogP contribution in [0.2, 0.25) is 0 Å². The molecule has 9 nitrogen and oxygen atoms in total. The van der Waals surface area contributed by atoms with Crippen molar-refractivity contribution < 1.29 is 24.3 Å². The lowest BCUT2D eigenvalue weighted by atomic mass is 9.98. The van der Waals surface area contributed by atoms with E-state index in [-0.39, 0.29) is 30.6 Å². The first-order chi connectivity index (χ1) is 16.5. The third-order valence-electron chi connectivity index (χ3n) is 5.41. The monoisotopic (exact) mass is 498 g/mol. The molecule has 0 radical (unpaired) electrons. The number of aliphatic imine (C=N–C) groups is 1. The maximum Gasteiger partial charge on any atom is 0.326 e. The zero-order valence-electron chi connectivity index (χ0n) is 20.3. The Kier molecular flexibility index (Phi) is 8.39. The van der Waals surface area contributed by atoms with Crippen molar-refractivity contribution in [3.05, 3.63) is 46.3 Å². The van der Waals surface area contributed by atoms with Gasteiger partial charge in [-0.1, -0.05) is 6.07 Å². The van der Waals surface area contributed by atoms with Gasteiger partial charge in [-0.2, -0.15) is 0 Å². The van der Waals surface area contributed by atoms with Crippen LogP contribution in [-0.2, 0) is 16.1 Å². The first-order valence-corrected chi connectivity index (χ1v) is 12.2. The van der Waals surface area contributed by atoms with Gasteiger partial charge in [-0.25, -0.2) is 4.79 Å². The molecule has 0 spiro atoms. The van der Waals surface area contributed by atoms with Gasteiger partial charge in [0, 0.05) is 43.8 Å². The van der Waals surface area contributed by atoms with E-state index in [0.717, 1.165) is 16.3 Å². The maximum absolute atomic E-state index is 12.7. The summed E-state index contributed by atoms with van der Waals surface area (Å²) in [5.74, 6) is -1.89. The summed E-state index contributed by atoms with van der Waals surface area (Å²) in [5, 5.41) is 15.5. The van der Waals surface area contributed by atoms with Gasteiger partial charge in [0.15, 0.2) is 5.78 Å². The smallest absolute Gasteiger partial charge is 0.326 e. The van der Waals surface area contributed by atoms with Crippen LogP contribution in [0.1, 0.15) is 65.6 Å². The van der Waals surface area contributed by atoms with Crippen LogP contribution in [0.5, 0.6) is 0 Å². The van der Waals surface area contributed by atoms with E-state index < -0.39 is 17.9 Å². The molecule has 0 bridgehead atoms. The van der Waals surface area contributed by atoms with Gasteiger partial charge in [-0.15, -0.1) is 11.3 Å². The van der Waals surface area contributed by atoms with Crippen molar-refractivity contribution in [2.24, 2.45) is 4.99 Å². The zero-order valence-corrected chi connectivity index (χ0v) is 21.1. The van der Waals surface area contributed by atoms with Crippen LogP contribution in [0.25, 0.3) is 0 Å². The highest BCUT2D eigenvalue weighted by molar-refractivity contribution is 7.18. The van der Waals surface area contributed by atoms with Crippen LogP contribution in [0.15, 0.2) is 35.3 Å². The molecule has 10 heteroatoms. The molecule has 1 aromatic carbocycles. The quantitative estimate of drug-likeness (QED) is 0.460. The number of nitrogens with zero attached hydrogens (tertiary/aromatic N) is 2. The van der Waals surface area contributed by atoms with Crippen molar-refractivity contribution >= 4 is 51.3 Å². The number of carboxylic acids is 1. The molecule has 1 aliphatic rings. The van der Waals surface area contributed by atoms with Crippen molar-refractivity contribution in [3.63, 3.8) is 0 Å². The van der Waals surface area contributed by atoms with E-state index in [1.807, 2.05) is 50.9 Å². The number of carbonyl (C=O) groups is 4. The molecule has 1 aliphatic heterocycles. The van der Waals surface area contributed by atoms with Gasteiger partial charge in [-0.05, 0) is 57.0 Å². The Balaban J connectivity index is 1.62. The van der Waals surface area contributed by atoms with Crippen molar-refractivity contribution in [2.45, 2.75) is 58.7 Å². The summed E-state index contributed by atoms with van der Waals surface area (Å²) < 4.78 is 0. The first-order valence-electron chi connectivity index (χ1n) is 11.4. The second kappa shape index (κ2) is 11.3. The number of carboxylic acid groups (broad SMARTS) is 1. The molecule has 2 aromatic rings. The molecule has 186 valence electrons. The predicted molar refractivity (Wildman–Crippen MR) is 136 cm³/mol. The Hall–Kier alpha value is -3.53. The Morgan fingerprint density at radius 1 is 1.17 bits per heavy atom. The SMILES string of the molecule is CC1=Nc2ccc(CN(C)c3ccc(C(=O)N[C@@H](CCC(=O)NC(C)C)C(=O)O)s3)cc2C(=O)C1. The summed E-state index contributed by atoms with van der Waals surface area (Å²) in [7, 11) is 1.88. The minimum Gasteiger partial charge on any atom is -0.480 e. The lowest BCUT2D eigenvalue weighted by Crippen LogP contribution is -2.41. The number of hydrogen-bond acceptors (Lipinski definition) is 7. The number of aliphatic carboxylic acids is 1. The van der Waals surface area contributed by atoms with E-state index in [4.69, 9.17) is 0 Å². The summed E-state index contributed by atoms with van der Waals surface area (Å²) in [6.45, 7) is 6.00. The third kappa shape index (κ3) is 6.98. The van der Waals surface area contributed by atoms with Crippen LogP contribution in [0, 0.1) is 0 Å². The summed E-state index contributed by atoms with van der Waals surface area (Å²) in [4.78, 5) is 55.2. The van der Waals surface area contributed by atoms with Crippen LogP contribution in [0.4, 0.5) is 10.7 Å². The minimum absolute atomic E-state index is 0.00161. The Bertz CT molecular complexity index is 1170. The summed E-state index contributed by atoms with van der Waals surface area (Å²) in [5.41, 5.74) is 3.06. The van der Waals surface area contributed by atoms with Crippen LogP contribution >= 0.6 is 11.3 Å². The molecular weight excluding hydrogens is 468 g/mol.